The lowest BCUT2D eigenvalue weighted by atomic mass is 10.1. The van der Waals surface area contributed by atoms with Gasteiger partial charge >= 0.3 is 11.9 Å². The minimum absolute atomic E-state index is 0.118. The summed E-state index contributed by atoms with van der Waals surface area (Å²) in [6, 6.07) is 3.09. The highest BCUT2D eigenvalue weighted by Gasteiger charge is 2.16. The molecule has 0 atom stereocenters. The second-order valence-electron chi connectivity index (χ2n) is 2.43. The van der Waals surface area contributed by atoms with Gasteiger partial charge in [0.25, 0.3) is 0 Å². The van der Waals surface area contributed by atoms with E-state index in [2.05, 4.69) is 5.18 Å². The molecule has 0 unspecified atom stereocenters. The molecule has 1 aromatic carbocycles. The predicted octanol–water partition coefficient (Wildman–Crippen LogP) is 1.48. The second-order valence-corrected chi connectivity index (χ2v) is 2.43. The highest BCUT2D eigenvalue weighted by Crippen LogP contribution is 2.18. The van der Waals surface area contributed by atoms with Gasteiger partial charge in [0.15, 0.2) is 0 Å². The smallest absolute Gasteiger partial charge is 0.336 e. The van der Waals surface area contributed by atoms with Crippen LogP contribution in [0.4, 0.5) is 5.69 Å². The van der Waals surface area contributed by atoms with Crippen molar-refractivity contribution in [3.05, 3.63) is 34.2 Å². The molecular formula is C8H5NO5. The van der Waals surface area contributed by atoms with Crippen LogP contribution in [0.5, 0.6) is 0 Å². The third-order valence-corrected chi connectivity index (χ3v) is 1.57. The van der Waals surface area contributed by atoms with Crippen LogP contribution in [0.2, 0.25) is 0 Å². The maximum Gasteiger partial charge on any atom is 0.336 e. The normalized spacial score (nSPS) is 9.43. The summed E-state index contributed by atoms with van der Waals surface area (Å²) in [5.41, 5.74) is -0.938. The number of carboxylic acids is 2. The number of carboxylic acid groups (broad SMARTS) is 2. The van der Waals surface area contributed by atoms with E-state index in [1.165, 1.54) is 0 Å². The van der Waals surface area contributed by atoms with Gasteiger partial charge in [-0.1, -0.05) is 0 Å². The van der Waals surface area contributed by atoms with Crippen LogP contribution in [0.15, 0.2) is 23.4 Å². The standard InChI is InChI=1S/C8H5NO5/c10-7(11)5-2-1-4(9-14)3-6(5)8(12)13/h1-3H,(H,10,11)(H,12,13). The van der Waals surface area contributed by atoms with Crippen molar-refractivity contribution >= 4 is 17.6 Å². The molecule has 0 heterocycles. The van der Waals surface area contributed by atoms with Crippen molar-refractivity contribution in [3.8, 4) is 0 Å². The van der Waals surface area contributed by atoms with Gasteiger partial charge in [-0.25, -0.2) is 9.59 Å². The first-order valence-corrected chi connectivity index (χ1v) is 3.50. The molecule has 0 amide bonds. The van der Waals surface area contributed by atoms with E-state index in [-0.39, 0.29) is 11.3 Å². The van der Waals surface area contributed by atoms with E-state index in [1.54, 1.807) is 0 Å². The van der Waals surface area contributed by atoms with Crippen LogP contribution in [0, 0.1) is 4.91 Å². The Morgan fingerprint density at radius 1 is 1.07 bits per heavy atom. The first kappa shape index (κ1) is 9.85. The maximum atomic E-state index is 10.6. The summed E-state index contributed by atoms with van der Waals surface area (Å²) in [5.74, 6) is -2.77. The Hall–Kier alpha value is -2.24. The van der Waals surface area contributed by atoms with Crippen LogP contribution in [0.1, 0.15) is 20.7 Å². The van der Waals surface area contributed by atoms with Crippen molar-refractivity contribution in [1.82, 2.24) is 0 Å². The maximum absolute atomic E-state index is 10.6. The first-order chi connectivity index (χ1) is 6.56. The van der Waals surface area contributed by atoms with Gasteiger partial charge in [-0.2, -0.15) is 0 Å². The lowest BCUT2D eigenvalue weighted by Gasteiger charge is -2.00. The third-order valence-electron chi connectivity index (χ3n) is 1.57. The molecule has 1 aromatic rings. The average molecular weight is 195 g/mol. The summed E-state index contributed by atoms with van der Waals surface area (Å²) in [5, 5.41) is 19.7. The zero-order valence-corrected chi connectivity index (χ0v) is 6.80. The molecule has 6 nitrogen and oxygen atoms in total. The van der Waals surface area contributed by atoms with Gasteiger partial charge in [0.1, 0.15) is 5.69 Å². The van der Waals surface area contributed by atoms with Crippen LogP contribution in [0.3, 0.4) is 0 Å². The Labute approximate surface area is 77.8 Å². The van der Waals surface area contributed by atoms with E-state index in [4.69, 9.17) is 10.2 Å². The number of benzene rings is 1. The van der Waals surface area contributed by atoms with Crippen molar-refractivity contribution in [3.63, 3.8) is 0 Å². The zero-order valence-electron chi connectivity index (χ0n) is 6.80. The monoisotopic (exact) mass is 195 g/mol. The minimum Gasteiger partial charge on any atom is -0.478 e. The zero-order chi connectivity index (χ0) is 10.7. The minimum atomic E-state index is -1.41. The summed E-state index contributed by atoms with van der Waals surface area (Å²) >= 11 is 0. The van der Waals surface area contributed by atoms with E-state index < -0.39 is 17.5 Å². The SMILES string of the molecule is O=Nc1ccc(C(=O)O)c(C(=O)O)c1. The van der Waals surface area contributed by atoms with Gasteiger partial charge in [-0.05, 0) is 23.4 Å². The molecule has 0 fully saturated rings. The highest BCUT2D eigenvalue weighted by molar-refractivity contribution is 6.02. The third kappa shape index (κ3) is 1.74. The molecule has 0 aromatic heterocycles. The number of carbonyl (C=O) groups is 2. The highest BCUT2D eigenvalue weighted by atomic mass is 16.4. The van der Waals surface area contributed by atoms with Crippen LogP contribution in [-0.4, -0.2) is 22.2 Å². The van der Waals surface area contributed by atoms with Crippen LogP contribution in [0.25, 0.3) is 0 Å². The van der Waals surface area contributed by atoms with Crippen molar-refractivity contribution in [2.45, 2.75) is 0 Å². The summed E-state index contributed by atoms with van der Waals surface area (Å²) < 4.78 is 0. The second kappa shape index (κ2) is 3.65. The van der Waals surface area contributed by atoms with Gasteiger partial charge < -0.3 is 10.2 Å². The Balaban J connectivity index is 3.38. The average Bonchev–Trinajstić information content (AvgIpc) is 2.16. The van der Waals surface area contributed by atoms with Crippen molar-refractivity contribution in [2.75, 3.05) is 0 Å². The molecular weight excluding hydrogens is 190 g/mol. The molecule has 14 heavy (non-hydrogen) atoms. The van der Waals surface area contributed by atoms with E-state index in [9.17, 15) is 14.5 Å². The van der Waals surface area contributed by atoms with E-state index in [0.29, 0.717) is 0 Å². The number of rotatable bonds is 3. The fourth-order valence-electron chi connectivity index (χ4n) is 0.952. The van der Waals surface area contributed by atoms with Gasteiger partial charge in [0.2, 0.25) is 0 Å². The molecule has 0 saturated carbocycles. The molecule has 0 aliphatic rings. The number of aromatic carboxylic acids is 2. The molecule has 0 radical (unpaired) electrons. The number of nitroso groups, excluding NO2 is 1. The molecule has 72 valence electrons. The van der Waals surface area contributed by atoms with Gasteiger partial charge in [0.05, 0.1) is 11.1 Å². The largest absolute Gasteiger partial charge is 0.478 e. The Morgan fingerprint density at radius 2 is 1.64 bits per heavy atom. The molecule has 0 bridgehead atoms. The first-order valence-electron chi connectivity index (χ1n) is 3.50. The number of nitrogens with zero attached hydrogens (tertiary/aromatic N) is 1. The molecule has 1 rings (SSSR count). The lowest BCUT2D eigenvalue weighted by Crippen LogP contribution is -2.07. The van der Waals surface area contributed by atoms with Crippen LogP contribution >= 0.6 is 0 Å². The lowest BCUT2D eigenvalue weighted by molar-refractivity contribution is 0.0651. The Kier molecular flexibility index (Phi) is 2.57. The van der Waals surface area contributed by atoms with Crippen LogP contribution in [-0.2, 0) is 0 Å². The van der Waals surface area contributed by atoms with Crippen molar-refractivity contribution in [2.24, 2.45) is 5.18 Å². The van der Waals surface area contributed by atoms with Crippen LogP contribution < -0.4 is 0 Å². The van der Waals surface area contributed by atoms with Crippen molar-refractivity contribution in [1.29, 1.82) is 0 Å². The summed E-state index contributed by atoms with van der Waals surface area (Å²) in [6.45, 7) is 0. The predicted molar refractivity (Wildman–Crippen MR) is 45.8 cm³/mol. The van der Waals surface area contributed by atoms with Gasteiger partial charge in [-0.3, -0.25) is 0 Å². The van der Waals surface area contributed by atoms with Crippen molar-refractivity contribution < 1.29 is 19.8 Å². The van der Waals surface area contributed by atoms with E-state index >= 15 is 0 Å². The molecule has 0 aliphatic carbocycles. The fraction of sp³-hybridized carbons (Fsp3) is 0. The van der Waals surface area contributed by atoms with E-state index in [0.717, 1.165) is 18.2 Å². The summed E-state index contributed by atoms with van der Waals surface area (Å²) in [4.78, 5) is 31.2. The molecule has 6 heteroatoms. The topological polar surface area (TPSA) is 104 Å². The molecule has 0 saturated heterocycles. The van der Waals surface area contributed by atoms with Gasteiger partial charge in [-0.15, -0.1) is 4.91 Å². The quantitative estimate of drug-likeness (QED) is 0.710. The molecule has 0 spiro atoms. The Morgan fingerprint density at radius 3 is 2.07 bits per heavy atom. The molecule has 0 aliphatic heterocycles. The number of hydrogen-bond acceptors (Lipinski definition) is 4. The fourth-order valence-corrected chi connectivity index (χ4v) is 0.952. The summed E-state index contributed by atoms with van der Waals surface area (Å²) in [7, 11) is 0. The molecule has 2 N–H and O–H groups in total. The van der Waals surface area contributed by atoms with Gasteiger partial charge in [0, 0.05) is 0 Å². The van der Waals surface area contributed by atoms with E-state index in [1.807, 2.05) is 0 Å². The number of hydrogen-bond donors (Lipinski definition) is 2. The Bertz CT molecular complexity index is 412. The summed E-state index contributed by atoms with van der Waals surface area (Å²) in [6.07, 6.45) is 0.